The molecule has 31 atom stereocenters. The van der Waals surface area contributed by atoms with Crippen LogP contribution in [0.3, 0.4) is 0 Å². The van der Waals surface area contributed by atoms with E-state index >= 15 is 0 Å². The molecule has 9 rings (SSSR count). The minimum atomic E-state index is -1.94. The number of aliphatic hydroxyl groups is 12. The van der Waals surface area contributed by atoms with Crippen molar-refractivity contribution in [3.8, 4) is 0 Å². The lowest BCUT2D eigenvalue weighted by Gasteiger charge is -2.72. The fourth-order valence-electron chi connectivity index (χ4n) is 18.1. The molecule has 8 fully saturated rings. The fraction of sp³-hybridized carbons (Fsp3) is 0.864. The first-order chi connectivity index (χ1) is 43.0. The van der Waals surface area contributed by atoms with E-state index in [-0.39, 0.29) is 29.4 Å². The summed E-state index contributed by atoms with van der Waals surface area (Å²) in [5.41, 5.74) is -3.24. The predicted molar refractivity (Wildman–Crippen MR) is 320 cm³/mol. The number of hydrogen-bond acceptors (Lipinski definition) is 26. The van der Waals surface area contributed by atoms with Crippen LogP contribution < -0.4 is 0 Å². The van der Waals surface area contributed by atoms with Gasteiger partial charge in [0, 0.05) is 18.1 Å². The van der Waals surface area contributed by atoms with E-state index in [4.69, 9.17) is 52.1 Å². The van der Waals surface area contributed by atoms with Crippen LogP contribution in [0.5, 0.6) is 0 Å². The second kappa shape index (κ2) is 27.3. The third-order valence-electron chi connectivity index (χ3n) is 23.9. The second-order valence-corrected chi connectivity index (χ2v) is 29.8. The molecule has 9 aliphatic rings. The third kappa shape index (κ3) is 12.3. The number of carbonyl (C=O) groups excluding carboxylic acids is 3. The number of rotatable bonds is 16. The normalized spacial score (nSPS) is 49.4. The average Bonchev–Trinajstić information content (AvgIpc) is 0.670. The summed E-state index contributed by atoms with van der Waals surface area (Å²) in [5.74, 6) is -2.82. The van der Waals surface area contributed by atoms with Gasteiger partial charge in [0.2, 0.25) is 0 Å². The summed E-state index contributed by atoms with van der Waals surface area (Å²) in [4.78, 5) is 40.1. The minimum absolute atomic E-state index is 0.00200. The minimum Gasteiger partial charge on any atom is -0.459 e. The van der Waals surface area contributed by atoms with Crippen LogP contribution in [0.2, 0.25) is 0 Å². The summed E-state index contributed by atoms with van der Waals surface area (Å²) in [6.07, 6.45) is -27.5. The molecular weight excluding hydrogens is 1210 g/mol. The van der Waals surface area contributed by atoms with Crippen molar-refractivity contribution in [3.63, 3.8) is 0 Å². The van der Waals surface area contributed by atoms with E-state index in [9.17, 15) is 75.7 Å². The Kier molecular flexibility index (Phi) is 21.7. The molecule has 4 saturated carbocycles. The monoisotopic (exact) mass is 1310 g/mol. The van der Waals surface area contributed by atoms with Crippen molar-refractivity contribution in [2.24, 2.45) is 50.2 Å². The molecule has 4 aliphatic heterocycles. The summed E-state index contributed by atoms with van der Waals surface area (Å²) in [7, 11) is 0. The number of carbonyl (C=O) groups is 3. The lowest BCUT2D eigenvalue weighted by molar-refractivity contribution is -0.398. The predicted octanol–water partition coefficient (Wildman–Crippen LogP) is 1.01. The highest BCUT2D eigenvalue weighted by atomic mass is 16.8. The number of aliphatic hydroxyl groups excluding tert-OH is 12. The Morgan fingerprint density at radius 2 is 1.10 bits per heavy atom. The Balaban J connectivity index is 1.01. The summed E-state index contributed by atoms with van der Waals surface area (Å²) in [5, 5.41) is 135. The number of fused-ring (bicyclic) bond motifs is 7. The van der Waals surface area contributed by atoms with Crippen LogP contribution in [0, 0.1) is 50.2 Å². The summed E-state index contributed by atoms with van der Waals surface area (Å²) >= 11 is 0. The average molecular weight is 1310 g/mol. The van der Waals surface area contributed by atoms with Crippen molar-refractivity contribution >= 4 is 17.9 Å². The molecule has 0 aromatic heterocycles. The van der Waals surface area contributed by atoms with Crippen molar-refractivity contribution in [2.75, 3.05) is 19.8 Å². The zero-order chi connectivity index (χ0) is 68.0. The van der Waals surface area contributed by atoms with Gasteiger partial charge < -0.3 is 113 Å². The highest BCUT2D eigenvalue weighted by Gasteiger charge is 2.74. The Bertz CT molecular complexity index is 2740. The van der Waals surface area contributed by atoms with Gasteiger partial charge in [-0.2, -0.15) is 0 Å². The number of allylic oxidation sites excluding steroid dienone is 4. The van der Waals surface area contributed by atoms with Gasteiger partial charge in [-0.1, -0.05) is 72.3 Å². The molecule has 0 aromatic carbocycles. The van der Waals surface area contributed by atoms with Gasteiger partial charge in [-0.15, -0.1) is 0 Å². The Morgan fingerprint density at radius 3 is 1.68 bits per heavy atom. The van der Waals surface area contributed by atoms with E-state index < -0.39 is 223 Å². The Hall–Kier alpha value is -3.17. The van der Waals surface area contributed by atoms with Crippen molar-refractivity contribution in [3.05, 3.63) is 34.9 Å². The van der Waals surface area contributed by atoms with Crippen LogP contribution >= 0.6 is 0 Å². The first-order valence-electron chi connectivity index (χ1n) is 32.7. The van der Waals surface area contributed by atoms with Crippen LogP contribution in [0.15, 0.2) is 34.9 Å². The topological polar surface area (TPSA) is 396 Å². The molecular formula is C66H104O26. The third-order valence-corrected chi connectivity index (χ3v) is 23.9. The lowest BCUT2D eigenvalue weighted by Crippen LogP contribution is -2.73. The summed E-state index contributed by atoms with van der Waals surface area (Å²) in [6, 6.07) is 0. The van der Waals surface area contributed by atoms with Crippen LogP contribution in [0.1, 0.15) is 142 Å². The maximum Gasteiger partial charge on any atom is 0.333 e. The van der Waals surface area contributed by atoms with Gasteiger partial charge >= 0.3 is 17.9 Å². The smallest absolute Gasteiger partial charge is 0.333 e. The molecule has 0 spiro atoms. The zero-order valence-electron chi connectivity index (χ0n) is 55.5. The Morgan fingerprint density at radius 1 is 0.554 bits per heavy atom. The van der Waals surface area contributed by atoms with Crippen molar-refractivity contribution in [1.29, 1.82) is 0 Å². The van der Waals surface area contributed by atoms with Crippen molar-refractivity contribution in [1.82, 2.24) is 0 Å². The fourth-order valence-corrected chi connectivity index (χ4v) is 18.1. The van der Waals surface area contributed by atoms with E-state index in [1.54, 1.807) is 33.8 Å². The largest absolute Gasteiger partial charge is 0.459 e. The summed E-state index contributed by atoms with van der Waals surface area (Å²) < 4.78 is 68.8. The highest BCUT2D eigenvalue weighted by molar-refractivity contribution is 5.88. The number of esters is 3. The van der Waals surface area contributed by atoms with E-state index in [1.807, 2.05) is 13.8 Å². The molecule has 524 valence electrons. The molecule has 5 aliphatic carbocycles. The van der Waals surface area contributed by atoms with E-state index in [0.29, 0.717) is 38.5 Å². The molecule has 26 nitrogen and oxygen atoms in total. The molecule has 0 unspecified atom stereocenters. The molecule has 92 heavy (non-hydrogen) atoms. The van der Waals surface area contributed by atoms with Gasteiger partial charge in [0.15, 0.2) is 37.4 Å². The van der Waals surface area contributed by atoms with Gasteiger partial charge in [-0.05, 0) is 131 Å². The van der Waals surface area contributed by atoms with Gasteiger partial charge in [-0.3, -0.25) is 4.79 Å². The highest BCUT2D eigenvalue weighted by Crippen LogP contribution is 2.76. The quantitative estimate of drug-likeness (QED) is 0.0337. The van der Waals surface area contributed by atoms with Crippen molar-refractivity contribution in [2.45, 2.75) is 289 Å². The first-order valence-corrected chi connectivity index (χ1v) is 32.7. The molecule has 4 heterocycles. The van der Waals surface area contributed by atoms with Gasteiger partial charge in [0.1, 0.15) is 85.5 Å². The SMILES string of the molecule is CC=C(C)C(=O)O[C@@H]1[C@@H](O)[C@H](O[C@H]2[C@H](OC(C)=O)[C@]3(CO)[C@H](O)C[C@]4(C)C(=CC[C@@H]5[C@@]6(C)CC[C@H](O[C@@H]7O[C@H](CO)[C@@H](O)[C@H](O[C@H]8O[C@@H](C)[C@H](O)[C@@H](O)[C@H]8O)[C@H]7O[C@@H]7O[C@H](CO)[C@H](O)[C@H](O)[C@H]7O)C(C)(C)[C@@H]6CC[C@]54C)[C@H]3CC2(C)C)O[C@H](C)[C@@H]1OC(=O)C(C)=CC. The molecule has 0 aromatic rings. The molecule has 26 heteroatoms. The molecule has 0 bridgehead atoms. The summed E-state index contributed by atoms with van der Waals surface area (Å²) in [6.45, 7) is 23.3. The van der Waals surface area contributed by atoms with Crippen LogP contribution in [0.4, 0.5) is 0 Å². The standard InChI is InChI=1S/C66H104O26/c1-15-28(3)55(80)88-49-31(6)83-59(48(79)51(49)89-56(81)29(4)16-2)92-53-54(84-32(7)70)66(27-69)34(23-61(53,8)9)33-17-18-38-63(12)21-20-40(62(10,11)37(63)19-22-64(38,13)65(33,14)24-39(66)71)87-60-52(91-58-47(78)45(76)42(73)35(25-67)85-58)50(43(74)36(26-68)86-60)90-57-46(77)44(75)41(72)30(5)82-57/h15-17,30-31,34-54,57-60,67-69,71-79H,18-27H2,1-14H3/t30-,31+,34+,35+,36+,37-,38+,39+,40-,41-,42-,43+,44+,45-,46+,47+,48+,49-,50-,51+,52+,53-,54-,57+,58-,59-,60-,63-,64+,65+,66-/m0/s1. The van der Waals surface area contributed by atoms with E-state index in [2.05, 4.69) is 40.7 Å². The first kappa shape index (κ1) is 73.1. The Labute approximate surface area is 538 Å². The molecule has 0 amide bonds. The maximum absolute atomic E-state index is 13.5. The zero-order valence-corrected chi connectivity index (χ0v) is 55.5. The van der Waals surface area contributed by atoms with Crippen LogP contribution in [-0.2, 0) is 66.5 Å². The van der Waals surface area contributed by atoms with Gasteiger partial charge in [0.05, 0.1) is 49.7 Å². The van der Waals surface area contributed by atoms with E-state index in [0.717, 1.165) is 5.57 Å². The second-order valence-electron chi connectivity index (χ2n) is 29.8. The molecule has 0 radical (unpaired) electrons. The maximum atomic E-state index is 13.5. The van der Waals surface area contributed by atoms with Gasteiger partial charge in [0.25, 0.3) is 0 Å². The number of ether oxygens (including phenoxy) is 11. The van der Waals surface area contributed by atoms with Crippen molar-refractivity contribution < 1.29 is 128 Å². The van der Waals surface area contributed by atoms with E-state index in [1.165, 1.54) is 26.8 Å². The molecule has 4 saturated heterocycles. The van der Waals surface area contributed by atoms with Crippen LogP contribution in [0.25, 0.3) is 0 Å². The van der Waals surface area contributed by atoms with Crippen LogP contribution in [-0.4, -0.2) is 246 Å². The molecule has 12 N–H and O–H groups in total. The lowest BCUT2D eigenvalue weighted by atomic mass is 9.33. The van der Waals surface area contributed by atoms with Gasteiger partial charge in [-0.25, -0.2) is 9.59 Å². The number of hydrogen-bond donors (Lipinski definition) is 12.